The Morgan fingerprint density at radius 2 is 2.00 bits per heavy atom. The molecule has 1 aromatic heterocycles. The lowest BCUT2D eigenvalue weighted by molar-refractivity contribution is -0.146. The minimum absolute atomic E-state index is 0.216. The average Bonchev–Trinajstić information content (AvgIpc) is 2.53. The van der Waals surface area contributed by atoms with E-state index in [0.29, 0.717) is 6.61 Å². The monoisotopic (exact) mass is 283 g/mol. The lowest BCUT2D eigenvalue weighted by atomic mass is 10.00. The summed E-state index contributed by atoms with van der Waals surface area (Å²) in [6, 6.07) is 11.8. The molecule has 0 aliphatic heterocycles. The van der Waals surface area contributed by atoms with Crippen LogP contribution in [-0.4, -0.2) is 11.0 Å². The van der Waals surface area contributed by atoms with Gasteiger partial charge in [-0.2, -0.15) is 0 Å². The molecule has 0 bridgehead atoms. The Hall–Kier alpha value is -2.16. The van der Waals surface area contributed by atoms with Crippen molar-refractivity contribution >= 4 is 5.97 Å². The topological polar surface area (TPSA) is 39.2 Å². The highest BCUT2D eigenvalue weighted by atomic mass is 16.5. The molecule has 0 amide bonds. The lowest BCUT2D eigenvalue weighted by Crippen LogP contribution is -2.14. The molecule has 0 saturated carbocycles. The normalized spacial score (nSPS) is 12.0. The number of ether oxygens (including phenoxy) is 1. The van der Waals surface area contributed by atoms with Crippen molar-refractivity contribution in [2.24, 2.45) is 0 Å². The molecule has 0 fully saturated rings. The van der Waals surface area contributed by atoms with Gasteiger partial charge in [-0.1, -0.05) is 43.3 Å². The Labute approximate surface area is 126 Å². The van der Waals surface area contributed by atoms with Crippen LogP contribution in [0.4, 0.5) is 0 Å². The van der Waals surface area contributed by atoms with Crippen LogP contribution in [0.1, 0.15) is 42.1 Å². The van der Waals surface area contributed by atoms with Crippen molar-refractivity contribution in [1.82, 2.24) is 4.98 Å². The van der Waals surface area contributed by atoms with E-state index in [0.717, 1.165) is 23.2 Å². The number of aryl methyl sites for hydroxylation is 2. The summed E-state index contributed by atoms with van der Waals surface area (Å²) >= 11 is 0. The molecule has 3 nitrogen and oxygen atoms in total. The zero-order valence-electron chi connectivity index (χ0n) is 12.8. The number of carbonyl (C=O) groups is 1. The third kappa shape index (κ3) is 3.91. The van der Waals surface area contributed by atoms with Gasteiger partial charge in [0.1, 0.15) is 6.61 Å². The molecule has 0 aliphatic carbocycles. The molecular formula is C18H21NO2. The van der Waals surface area contributed by atoms with E-state index in [2.05, 4.69) is 18.0 Å². The summed E-state index contributed by atoms with van der Waals surface area (Å²) in [6.07, 6.45) is 2.68. The number of hydrogen-bond acceptors (Lipinski definition) is 3. The summed E-state index contributed by atoms with van der Waals surface area (Å²) in [4.78, 5) is 16.5. The van der Waals surface area contributed by atoms with Gasteiger partial charge in [-0.3, -0.25) is 9.78 Å². The largest absolute Gasteiger partial charge is 0.460 e. The molecular weight excluding hydrogens is 262 g/mol. The Morgan fingerprint density at radius 3 is 2.67 bits per heavy atom. The number of esters is 1. The minimum Gasteiger partial charge on any atom is -0.460 e. The van der Waals surface area contributed by atoms with Gasteiger partial charge in [-0.05, 0) is 37.0 Å². The highest BCUT2D eigenvalue weighted by Gasteiger charge is 2.18. The second-order valence-corrected chi connectivity index (χ2v) is 5.18. The van der Waals surface area contributed by atoms with Gasteiger partial charge in [0.05, 0.1) is 5.92 Å². The Balaban J connectivity index is 2.02. The van der Waals surface area contributed by atoms with Crippen molar-refractivity contribution in [2.75, 3.05) is 0 Å². The number of hydrogen-bond donors (Lipinski definition) is 0. The Bertz CT molecular complexity index is 608. The van der Waals surface area contributed by atoms with Gasteiger partial charge in [0, 0.05) is 11.9 Å². The maximum absolute atomic E-state index is 12.2. The molecule has 0 aliphatic rings. The molecule has 1 aromatic carbocycles. The zero-order chi connectivity index (χ0) is 15.2. The smallest absolute Gasteiger partial charge is 0.313 e. The number of carbonyl (C=O) groups excluding carboxylic acids is 1. The highest BCUT2D eigenvalue weighted by molar-refractivity contribution is 5.77. The molecule has 1 atom stereocenters. The fourth-order valence-electron chi connectivity index (χ4n) is 2.18. The summed E-state index contributed by atoms with van der Waals surface area (Å²) in [7, 11) is 0. The molecule has 110 valence electrons. The number of nitrogens with zero attached hydrogens (tertiary/aromatic N) is 1. The number of aromatic nitrogens is 1. The van der Waals surface area contributed by atoms with Crippen LogP contribution in [0.15, 0.2) is 42.6 Å². The van der Waals surface area contributed by atoms with Crippen molar-refractivity contribution < 1.29 is 9.53 Å². The lowest BCUT2D eigenvalue weighted by Gasteiger charge is -2.13. The quantitative estimate of drug-likeness (QED) is 0.783. The molecule has 0 spiro atoms. The molecule has 1 heterocycles. The highest BCUT2D eigenvalue weighted by Crippen LogP contribution is 2.19. The zero-order valence-corrected chi connectivity index (χ0v) is 12.8. The van der Waals surface area contributed by atoms with Crippen LogP contribution in [0.2, 0.25) is 0 Å². The van der Waals surface area contributed by atoms with Crippen LogP contribution >= 0.6 is 0 Å². The maximum atomic E-state index is 12.2. The predicted octanol–water partition coefficient (Wildman–Crippen LogP) is 3.80. The second kappa shape index (κ2) is 7.02. The number of rotatable bonds is 5. The summed E-state index contributed by atoms with van der Waals surface area (Å²) in [5.74, 6) is -0.515. The van der Waals surface area contributed by atoms with Crippen molar-refractivity contribution in [3.05, 3.63) is 65.0 Å². The first kappa shape index (κ1) is 15.2. The molecule has 0 radical (unpaired) electrons. The van der Waals surface area contributed by atoms with Gasteiger partial charge in [0.25, 0.3) is 0 Å². The molecule has 2 aromatic rings. The molecule has 0 N–H and O–H groups in total. The van der Waals surface area contributed by atoms with Crippen LogP contribution in [0.25, 0.3) is 0 Å². The summed E-state index contributed by atoms with van der Waals surface area (Å²) in [5.41, 5.74) is 4.10. The Kier molecular flexibility index (Phi) is 5.09. The van der Waals surface area contributed by atoms with Crippen LogP contribution in [0.3, 0.4) is 0 Å². The van der Waals surface area contributed by atoms with Gasteiger partial charge in [0.2, 0.25) is 0 Å². The second-order valence-electron chi connectivity index (χ2n) is 5.18. The fourth-order valence-corrected chi connectivity index (χ4v) is 2.18. The average molecular weight is 283 g/mol. The van der Waals surface area contributed by atoms with Gasteiger partial charge in [0.15, 0.2) is 0 Å². The number of pyridine rings is 1. The first-order valence-corrected chi connectivity index (χ1v) is 7.27. The predicted molar refractivity (Wildman–Crippen MR) is 83.0 cm³/mol. The standard InChI is InChI=1S/C18H21NO2/c1-4-16-10-17(11-19-14(16)3)13(2)18(20)21-12-15-8-6-5-7-9-15/h5-11,13H,4,12H2,1-3H3/t13-/m1/s1. The van der Waals surface area contributed by atoms with E-state index < -0.39 is 0 Å². The minimum atomic E-state index is -0.299. The van der Waals surface area contributed by atoms with Crippen molar-refractivity contribution in [1.29, 1.82) is 0 Å². The molecule has 0 saturated heterocycles. The number of benzene rings is 1. The van der Waals surface area contributed by atoms with Gasteiger partial charge >= 0.3 is 5.97 Å². The fraction of sp³-hybridized carbons (Fsp3) is 0.333. The Morgan fingerprint density at radius 1 is 1.29 bits per heavy atom. The summed E-state index contributed by atoms with van der Waals surface area (Å²) in [6.45, 7) is 6.25. The summed E-state index contributed by atoms with van der Waals surface area (Å²) < 4.78 is 5.38. The van der Waals surface area contributed by atoms with E-state index in [-0.39, 0.29) is 11.9 Å². The van der Waals surface area contributed by atoms with E-state index >= 15 is 0 Å². The van der Waals surface area contributed by atoms with E-state index in [1.807, 2.05) is 44.2 Å². The van der Waals surface area contributed by atoms with Gasteiger partial charge < -0.3 is 4.74 Å². The first-order chi connectivity index (χ1) is 10.1. The van der Waals surface area contributed by atoms with Crippen LogP contribution in [0.5, 0.6) is 0 Å². The van der Waals surface area contributed by atoms with Crippen LogP contribution in [0, 0.1) is 6.92 Å². The van der Waals surface area contributed by atoms with E-state index in [9.17, 15) is 4.79 Å². The van der Waals surface area contributed by atoms with Gasteiger partial charge in [-0.15, -0.1) is 0 Å². The third-order valence-corrected chi connectivity index (χ3v) is 3.67. The molecule has 0 unspecified atom stereocenters. The molecule has 2 rings (SSSR count). The van der Waals surface area contributed by atoms with E-state index in [4.69, 9.17) is 4.74 Å². The van der Waals surface area contributed by atoms with Crippen LogP contribution in [-0.2, 0) is 22.6 Å². The first-order valence-electron chi connectivity index (χ1n) is 7.27. The van der Waals surface area contributed by atoms with Crippen molar-refractivity contribution in [3.63, 3.8) is 0 Å². The van der Waals surface area contributed by atoms with Gasteiger partial charge in [-0.25, -0.2) is 0 Å². The molecule has 3 heteroatoms. The third-order valence-electron chi connectivity index (χ3n) is 3.67. The van der Waals surface area contributed by atoms with Crippen molar-refractivity contribution in [3.8, 4) is 0 Å². The maximum Gasteiger partial charge on any atom is 0.313 e. The van der Waals surface area contributed by atoms with E-state index in [1.54, 1.807) is 6.20 Å². The SMILES string of the molecule is CCc1cc([C@@H](C)C(=O)OCc2ccccc2)cnc1C. The summed E-state index contributed by atoms with van der Waals surface area (Å²) in [5, 5.41) is 0. The molecule has 21 heavy (non-hydrogen) atoms. The van der Waals surface area contributed by atoms with E-state index in [1.165, 1.54) is 5.56 Å². The van der Waals surface area contributed by atoms with Crippen LogP contribution < -0.4 is 0 Å². The van der Waals surface area contributed by atoms with Crippen molar-refractivity contribution in [2.45, 2.75) is 39.7 Å².